The highest BCUT2D eigenvalue weighted by atomic mass is 32.1. The van der Waals surface area contributed by atoms with Crippen LogP contribution in [0.25, 0.3) is 0 Å². The number of aliphatic carboxylic acids is 10. The summed E-state index contributed by atoms with van der Waals surface area (Å²) >= 11 is 7.30. The molecule has 0 aliphatic carbocycles. The van der Waals surface area contributed by atoms with Gasteiger partial charge in [-0.1, -0.05) is 25.7 Å². The number of hydrogen-bond acceptors (Lipinski definition) is 26. The van der Waals surface area contributed by atoms with E-state index in [9.17, 15) is 47.9 Å². The predicted molar refractivity (Wildman–Crippen MR) is 303 cm³/mol. The van der Waals surface area contributed by atoms with Crippen molar-refractivity contribution in [1.82, 2.24) is 0 Å². The fraction of sp³-hybridized carbons (Fsp3) is 0.738. The standard InChI is InChI=1S/C6H14N4O2.4C6H14N2O2.C4H7NO4.2C3H7NO2S.C2H5NO2/c7-4(5(11)12)2-1-3-10-6(8)9;4*7-4-2-1-3-5(8)6(9)10;5-2(4(8)9)1-3(6)7;2*4-2(1-7)3(5)6;3-1-2(4)5/h4H,1-3,7H2,(H,11,12)(H4,8,9,10);4*5H,1-4,7-8H2,(H,9,10);2H,1,5H2,(H,6,7)(H,8,9);2*2,7H,1,4H2,(H,5,6);1,3H2,(H,4,5). The first-order valence-electron chi connectivity index (χ1n) is 24.0. The SMILES string of the molecule is NC(CC(=O)O)C(=O)O.NC(CS)C(=O)O.NC(CS)C(=O)O.NC(N)=NCCCC(N)C(=O)O.NCC(=O)O.NCCCCC(N)C(=O)O.NCCCCC(N)C(=O)O.NCCCCC(N)C(=O)O.NCCCCC(N)C(=O)O. The van der Waals surface area contributed by atoms with Crippen LogP contribution < -0.4 is 86.0 Å². The molecule has 38 heteroatoms. The maximum absolute atomic E-state index is 10.2. The van der Waals surface area contributed by atoms with Crippen LogP contribution >= 0.6 is 25.3 Å². The lowest BCUT2D eigenvalue weighted by molar-refractivity contribution is -0.144. The maximum Gasteiger partial charge on any atom is 0.321 e. The number of carboxylic acids is 10. The summed E-state index contributed by atoms with van der Waals surface area (Å²) in [5.41, 5.74) is 76.3. The van der Waals surface area contributed by atoms with Crippen LogP contribution in [0.2, 0.25) is 0 Å². The average molecular weight is 1210 g/mol. The Morgan fingerprint density at radius 2 is 0.525 bits per heavy atom. The highest BCUT2D eigenvalue weighted by Crippen LogP contribution is 2.00. The number of guanidine groups is 1. The fourth-order valence-corrected chi connectivity index (χ4v) is 3.92. The Hall–Kier alpha value is -5.85. The van der Waals surface area contributed by atoms with E-state index in [1.54, 1.807) is 0 Å². The molecule has 0 aromatic heterocycles. The molecule has 8 unspecified atom stereocenters. The highest BCUT2D eigenvalue weighted by molar-refractivity contribution is 7.80. The number of carboxylic acid groups (broad SMARTS) is 10. The molecular weight excluding hydrogens is 1110 g/mol. The van der Waals surface area contributed by atoms with E-state index in [0.717, 1.165) is 51.4 Å². The zero-order chi connectivity index (χ0) is 64.9. The first-order valence-corrected chi connectivity index (χ1v) is 25.3. The Kier molecular flexibility index (Phi) is 78.8. The van der Waals surface area contributed by atoms with Crippen LogP contribution in [0.1, 0.15) is 96.3 Å². The van der Waals surface area contributed by atoms with E-state index >= 15 is 0 Å². The molecule has 36 nitrogen and oxygen atoms in total. The molecule has 0 rings (SSSR count). The van der Waals surface area contributed by atoms with Crippen molar-refractivity contribution in [2.75, 3.05) is 50.8 Å². The van der Waals surface area contributed by atoms with Gasteiger partial charge < -0.3 is 137 Å². The predicted octanol–water partition coefficient (Wildman–Crippen LogP) is -6.88. The molecule has 80 heavy (non-hydrogen) atoms. The average Bonchev–Trinajstić information content (AvgIpc) is 3.38. The number of aliphatic imine (C=N–C) groups is 1. The molecule has 0 aliphatic heterocycles. The third kappa shape index (κ3) is 91.6. The molecule has 0 spiro atoms. The maximum atomic E-state index is 10.2. The number of unbranched alkanes of at least 4 members (excludes halogenated alkanes) is 4. The Balaban J connectivity index is -0.000000102. The number of thiol groups is 2. The number of rotatable bonds is 33. The third-order valence-electron chi connectivity index (χ3n) is 8.34. The van der Waals surface area contributed by atoms with E-state index in [1.165, 1.54) is 0 Å². The monoisotopic (exact) mass is 1210 g/mol. The van der Waals surface area contributed by atoms with Crippen LogP contribution in [0, 0.1) is 0 Å². The van der Waals surface area contributed by atoms with Crippen molar-refractivity contribution >= 4 is 90.9 Å². The molecule has 476 valence electrons. The molecule has 0 saturated carbocycles. The van der Waals surface area contributed by atoms with E-state index in [-0.39, 0.29) is 24.0 Å². The summed E-state index contributed by atoms with van der Waals surface area (Å²) in [5, 5.41) is 81.3. The summed E-state index contributed by atoms with van der Waals surface area (Å²) in [6.45, 7) is 2.56. The zero-order valence-corrected chi connectivity index (χ0v) is 46.7. The van der Waals surface area contributed by atoms with Crippen molar-refractivity contribution in [3.63, 3.8) is 0 Å². The van der Waals surface area contributed by atoms with Gasteiger partial charge in [-0.15, -0.1) is 0 Å². The third-order valence-corrected chi connectivity index (χ3v) is 9.13. The van der Waals surface area contributed by atoms with Gasteiger partial charge in [-0.3, -0.25) is 52.9 Å². The van der Waals surface area contributed by atoms with Crippen molar-refractivity contribution in [2.24, 2.45) is 91.0 Å². The van der Waals surface area contributed by atoms with E-state index in [1.807, 2.05) is 0 Å². The van der Waals surface area contributed by atoms with Gasteiger partial charge in [-0.2, -0.15) is 25.3 Å². The van der Waals surface area contributed by atoms with E-state index in [2.05, 4.69) is 36.0 Å². The van der Waals surface area contributed by atoms with Gasteiger partial charge in [0.15, 0.2) is 5.96 Å². The second-order valence-corrected chi connectivity index (χ2v) is 16.4. The highest BCUT2D eigenvalue weighted by Gasteiger charge is 2.15. The van der Waals surface area contributed by atoms with Crippen molar-refractivity contribution in [3.05, 3.63) is 0 Å². The Morgan fingerprint density at radius 1 is 0.325 bits per heavy atom. The second kappa shape index (κ2) is 67.4. The van der Waals surface area contributed by atoms with Gasteiger partial charge >= 0.3 is 59.7 Å². The van der Waals surface area contributed by atoms with Crippen molar-refractivity contribution in [3.8, 4) is 0 Å². The minimum absolute atomic E-state index is 0.0129. The van der Waals surface area contributed by atoms with Crippen LogP contribution in [0.15, 0.2) is 4.99 Å². The lowest BCUT2D eigenvalue weighted by Gasteiger charge is -2.03. The number of nitrogens with zero attached hydrogens (tertiary/aromatic N) is 1. The lowest BCUT2D eigenvalue weighted by Crippen LogP contribution is -2.32. The molecular formula is C42H96N16O20S2. The van der Waals surface area contributed by atoms with Gasteiger partial charge in [0, 0.05) is 18.1 Å². The largest absolute Gasteiger partial charge is 0.481 e. The second-order valence-electron chi connectivity index (χ2n) is 15.7. The van der Waals surface area contributed by atoms with Gasteiger partial charge in [0.1, 0.15) is 48.3 Å². The summed E-state index contributed by atoms with van der Waals surface area (Å²) in [7, 11) is 0. The zero-order valence-electron chi connectivity index (χ0n) is 44.9. The summed E-state index contributed by atoms with van der Waals surface area (Å²) < 4.78 is 0. The molecule has 0 aromatic carbocycles. The van der Waals surface area contributed by atoms with Crippen LogP contribution in [-0.2, 0) is 47.9 Å². The van der Waals surface area contributed by atoms with Gasteiger partial charge in [0.2, 0.25) is 0 Å². The minimum Gasteiger partial charge on any atom is -0.481 e. The Bertz CT molecular complexity index is 1530. The molecule has 0 aliphatic rings. The lowest BCUT2D eigenvalue weighted by atomic mass is 10.1. The number of nitrogens with two attached hydrogens (primary N) is 15. The first-order chi connectivity index (χ1) is 36.9. The quantitative estimate of drug-likeness (QED) is 0.0126. The molecule has 0 amide bonds. The van der Waals surface area contributed by atoms with E-state index in [4.69, 9.17) is 131 Å². The summed E-state index contributed by atoms with van der Waals surface area (Å²) in [6, 6.07) is -6.61. The van der Waals surface area contributed by atoms with Gasteiger partial charge in [-0.05, 0) is 90.4 Å². The fourth-order valence-electron chi connectivity index (χ4n) is 3.60. The molecule has 0 heterocycles. The smallest absolute Gasteiger partial charge is 0.321 e. The van der Waals surface area contributed by atoms with Crippen LogP contribution in [-0.4, -0.2) is 216 Å². The Morgan fingerprint density at radius 3 is 0.637 bits per heavy atom. The summed E-state index contributed by atoms with van der Waals surface area (Å²) in [6.07, 6.45) is 9.08. The molecule has 0 saturated heterocycles. The van der Waals surface area contributed by atoms with E-state index in [0.29, 0.717) is 71.2 Å². The van der Waals surface area contributed by atoms with Crippen LogP contribution in [0.3, 0.4) is 0 Å². The number of carbonyl (C=O) groups is 10. The molecule has 0 aromatic rings. The van der Waals surface area contributed by atoms with Gasteiger partial charge in [0.05, 0.1) is 13.0 Å². The Labute approximate surface area is 475 Å². The van der Waals surface area contributed by atoms with Crippen molar-refractivity contribution in [1.29, 1.82) is 0 Å². The molecule has 0 bridgehead atoms. The van der Waals surface area contributed by atoms with Crippen LogP contribution in [0.5, 0.6) is 0 Å². The van der Waals surface area contributed by atoms with Crippen LogP contribution in [0.4, 0.5) is 0 Å². The first kappa shape index (κ1) is 93.5. The minimum atomic E-state index is -1.29. The van der Waals surface area contributed by atoms with Crippen molar-refractivity contribution < 1.29 is 99.0 Å². The molecule has 40 N–H and O–H groups in total. The number of hydrogen-bond donors (Lipinski definition) is 27. The van der Waals surface area contributed by atoms with Crippen molar-refractivity contribution in [2.45, 2.75) is 145 Å². The molecule has 0 radical (unpaired) electrons. The van der Waals surface area contributed by atoms with E-state index < -0.39 is 114 Å². The topological polar surface area (TPSA) is 776 Å². The van der Waals surface area contributed by atoms with Gasteiger partial charge in [0.25, 0.3) is 0 Å². The summed E-state index contributed by atoms with van der Waals surface area (Å²) in [5.74, 6) is -9.82. The molecule has 0 fully saturated rings. The van der Waals surface area contributed by atoms with Gasteiger partial charge in [-0.25, -0.2) is 0 Å². The normalized spacial score (nSPS) is 12.5. The summed E-state index contributed by atoms with van der Waals surface area (Å²) in [4.78, 5) is 103. The molecule has 8 atom stereocenters.